The molecule has 0 atom stereocenters. The van der Waals surface area contributed by atoms with Crippen LogP contribution in [0.3, 0.4) is 0 Å². The van der Waals surface area contributed by atoms with Gasteiger partial charge in [-0.1, -0.05) is 60.7 Å². The number of nitrogens with zero attached hydrogens (tertiary/aromatic N) is 2. The van der Waals surface area contributed by atoms with Gasteiger partial charge in [-0.3, -0.25) is 0 Å². The lowest BCUT2D eigenvalue weighted by Gasteiger charge is -2.30. The summed E-state index contributed by atoms with van der Waals surface area (Å²) in [4.78, 5) is 4.75. The first-order chi connectivity index (χ1) is 9.83. The third-order valence-electron chi connectivity index (χ3n) is 3.83. The van der Waals surface area contributed by atoms with Crippen LogP contribution < -0.4 is 0 Å². The predicted octanol–water partition coefficient (Wildman–Crippen LogP) is 4.24. The Bertz CT molecular complexity index is 517. The van der Waals surface area contributed by atoms with Crippen LogP contribution in [0.1, 0.15) is 18.1 Å². The highest BCUT2D eigenvalue weighted by molar-refractivity contribution is 5.85. The average Bonchev–Trinajstić information content (AvgIpc) is 2.83. The zero-order chi connectivity index (χ0) is 13.8. The lowest BCUT2D eigenvalue weighted by Crippen LogP contribution is -2.35. The third kappa shape index (κ3) is 3.79. The van der Waals surface area contributed by atoms with Gasteiger partial charge in [0.05, 0.1) is 6.17 Å². The quantitative estimate of drug-likeness (QED) is 0.833. The molecule has 2 nitrogen and oxygen atoms in total. The van der Waals surface area contributed by atoms with E-state index in [0.717, 1.165) is 13.1 Å². The van der Waals surface area contributed by atoms with Gasteiger partial charge in [0.25, 0.3) is 0 Å². The molecule has 0 N–H and O–H groups in total. The number of halogens is 1. The molecule has 0 spiro atoms. The molecule has 110 valence electrons. The molecule has 0 saturated heterocycles. The fourth-order valence-electron chi connectivity index (χ4n) is 2.57. The van der Waals surface area contributed by atoms with E-state index in [1.807, 2.05) is 0 Å². The van der Waals surface area contributed by atoms with Gasteiger partial charge in [0.15, 0.2) is 0 Å². The summed E-state index contributed by atoms with van der Waals surface area (Å²) < 4.78 is 0. The topological polar surface area (TPSA) is 6.48 Å². The van der Waals surface area contributed by atoms with Crippen LogP contribution in [0.15, 0.2) is 73.1 Å². The molecule has 0 aliphatic carbocycles. The van der Waals surface area contributed by atoms with Crippen molar-refractivity contribution >= 4 is 12.4 Å². The molecule has 1 aliphatic rings. The van der Waals surface area contributed by atoms with Crippen molar-refractivity contribution in [3.63, 3.8) is 0 Å². The second kappa shape index (κ2) is 7.19. The van der Waals surface area contributed by atoms with Crippen LogP contribution >= 0.6 is 12.4 Å². The second-order valence-electron chi connectivity index (χ2n) is 5.25. The highest BCUT2D eigenvalue weighted by atomic mass is 35.5. The molecule has 0 bridgehead atoms. The number of rotatable bonds is 4. The maximum Gasteiger partial charge on any atom is 0.0984 e. The van der Waals surface area contributed by atoms with Crippen LogP contribution in [0.25, 0.3) is 0 Å². The highest BCUT2D eigenvalue weighted by Gasteiger charge is 2.21. The molecule has 2 aromatic rings. The summed E-state index contributed by atoms with van der Waals surface area (Å²) in [5.41, 5.74) is 2.70. The maximum atomic E-state index is 2.37. The van der Waals surface area contributed by atoms with Gasteiger partial charge in [-0.25, -0.2) is 0 Å². The van der Waals surface area contributed by atoms with E-state index in [4.69, 9.17) is 0 Å². The van der Waals surface area contributed by atoms with Gasteiger partial charge >= 0.3 is 0 Å². The molecule has 2 aromatic carbocycles. The minimum absolute atomic E-state index is 0. The summed E-state index contributed by atoms with van der Waals surface area (Å²) in [6.45, 7) is 4.18. The number of benzene rings is 2. The standard InChI is InChI=1S/C18H20N2.ClH/c1-16-19(14-17-8-4-2-5-9-17)12-13-20(16)15-18-10-6-3-7-11-18;/h2-13,16H,14-15H2,1H3;1H. The normalized spacial score (nSPS) is 14.3. The largest absolute Gasteiger partial charge is 0.352 e. The minimum atomic E-state index is 0. The summed E-state index contributed by atoms with van der Waals surface area (Å²) >= 11 is 0. The Labute approximate surface area is 133 Å². The first-order valence-corrected chi connectivity index (χ1v) is 7.10. The van der Waals surface area contributed by atoms with E-state index in [9.17, 15) is 0 Å². The molecule has 0 radical (unpaired) electrons. The van der Waals surface area contributed by atoms with Gasteiger partial charge < -0.3 is 9.80 Å². The molecule has 0 unspecified atom stereocenters. The molecular weight excluding hydrogens is 280 g/mol. The maximum absolute atomic E-state index is 2.37. The van der Waals surface area contributed by atoms with Crippen LogP contribution in [0.4, 0.5) is 0 Å². The molecular formula is C18H21ClN2. The van der Waals surface area contributed by atoms with E-state index in [1.165, 1.54) is 11.1 Å². The Morgan fingerprint density at radius 2 is 1.10 bits per heavy atom. The van der Waals surface area contributed by atoms with Crippen molar-refractivity contribution in [3.05, 3.63) is 84.2 Å². The summed E-state index contributed by atoms with van der Waals surface area (Å²) in [5, 5.41) is 0. The van der Waals surface area contributed by atoms with Crippen molar-refractivity contribution in [1.82, 2.24) is 9.80 Å². The van der Waals surface area contributed by atoms with E-state index < -0.39 is 0 Å². The Morgan fingerprint density at radius 1 is 0.714 bits per heavy atom. The Morgan fingerprint density at radius 3 is 1.48 bits per heavy atom. The molecule has 1 aliphatic heterocycles. The fourth-order valence-corrected chi connectivity index (χ4v) is 2.57. The number of hydrogen-bond donors (Lipinski definition) is 0. The van der Waals surface area contributed by atoms with E-state index >= 15 is 0 Å². The van der Waals surface area contributed by atoms with Crippen molar-refractivity contribution in [2.24, 2.45) is 0 Å². The highest BCUT2D eigenvalue weighted by Crippen LogP contribution is 2.20. The average molecular weight is 301 g/mol. The minimum Gasteiger partial charge on any atom is -0.352 e. The van der Waals surface area contributed by atoms with Crippen LogP contribution in [0.5, 0.6) is 0 Å². The van der Waals surface area contributed by atoms with E-state index in [-0.39, 0.29) is 12.4 Å². The van der Waals surface area contributed by atoms with Crippen LogP contribution in [-0.4, -0.2) is 16.0 Å². The van der Waals surface area contributed by atoms with Crippen LogP contribution in [0.2, 0.25) is 0 Å². The van der Waals surface area contributed by atoms with Crippen molar-refractivity contribution in [3.8, 4) is 0 Å². The van der Waals surface area contributed by atoms with Crippen molar-refractivity contribution < 1.29 is 0 Å². The SMILES string of the molecule is CC1N(Cc2ccccc2)C=CN1Cc1ccccc1.Cl. The lowest BCUT2D eigenvalue weighted by atomic mass is 10.2. The van der Waals surface area contributed by atoms with Gasteiger partial charge in [0.2, 0.25) is 0 Å². The van der Waals surface area contributed by atoms with Crippen LogP contribution in [-0.2, 0) is 13.1 Å². The predicted molar refractivity (Wildman–Crippen MR) is 89.8 cm³/mol. The van der Waals surface area contributed by atoms with Gasteiger partial charge in [0.1, 0.15) is 0 Å². The van der Waals surface area contributed by atoms with Gasteiger partial charge in [-0.2, -0.15) is 0 Å². The molecule has 3 rings (SSSR count). The zero-order valence-corrected chi connectivity index (χ0v) is 13.0. The van der Waals surface area contributed by atoms with Crippen LogP contribution in [0, 0.1) is 0 Å². The third-order valence-corrected chi connectivity index (χ3v) is 3.83. The van der Waals surface area contributed by atoms with Gasteiger partial charge in [-0.05, 0) is 18.1 Å². The Balaban J connectivity index is 0.00000161. The zero-order valence-electron chi connectivity index (χ0n) is 12.2. The molecule has 0 amide bonds. The summed E-state index contributed by atoms with van der Waals surface area (Å²) in [6, 6.07) is 21.2. The molecule has 0 fully saturated rings. The van der Waals surface area contributed by atoms with Gasteiger partial charge in [0, 0.05) is 25.5 Å². The van der Waals surface area contributed by atoms with Crippen molar-refractivity contribution in [2.75, 3.05) is 0 Å². The monoisotopic (exact) mass is 300 g/mol. The molecule has 0 saturated carbocycles. The van der Waals surface area contributed by atoms with E-state index in [1.54, 1.807) is 0 Å². The smallest absolute Gasteiger partial charge is 0.0984 e. The summed E-state index contributed by atoms with van der Waals surface area (Å²) in [7, 11) is 0. The Kier molecular flexibility index (Phi) is 5.29. The molecule has 1 heterocycles. The molecule has 21 heavy (non-hydrogen) atoms. The second-order valence-corrected chi connectivity index (χ2v) is 5.25. The molecule has 3 heteroatoms. The van der Waals surface area contributed by atoms with E-state index in [2.05, 4.69) is 89.8 Å². The molecule has 0 aromatic heterocycles. The fraction of sp³-hybridized carbons (Fsp3) is 0.222. The Hall–Kier alpha value is -1.93. The lowest BCUT2D eigenvalue weighted by molar-refractivity contribution is 0.159. The van der Waals surface area contributed by atoms with E-state index in [0.29, 0.717) is 6.17 Å². The summed E-state index contributed by atoms with van der Waals surface area (Å²) in [6.07, 6.45) is 4.79. The van der Waals surface area contributed by atoms with Gasteiger partial charge in [-0.15, -0.1) is 12.4 Å². The first kappa shape index (κ1) is 15.5. The number of hydrogen-bond acceptors (Lipinski definition) is 2. The van der Waals surface area contributed by atoms with Crippen molar-refractivity contribution in [2.45, 2.75) is 26.2 Å². The summed E-state index contributed by atoms with van der Waals surface area (Å²) in [5.74, 6) is 0. The first-order valence-electron chi connectivity index (χ1n) is 7.10. The van der Waals surface area contributed by atoms with Crippen molar-refractivity contribution in [1.29, 1.82) is 0 Å².